The Labute approximate surface area is 102 Å². The fraction of sp³-hybridized carbons (Fsp3) is 0.583. The SMILES string of the molecule is CC(C)NCc1ccc(SCCCO)nc1. The molecular weight excluding hydrogens is 220 g/mol. The van der Waals surface area contributed by atoms with Crippen LogP contribution in [0.4, 0.5) is 0 Å². The van der Waals surface area contributed by atoms with Crippen LogP contribution in [-0.4, -0.2) is 28.5 Å². The summed E-state index contributed by atoms with van der Waals surface area (Å²) in [6.07, 6.45) is 2.74. The van der Waals surface area contributed by atoms with Crippen LogP contribution in [0.15, 0.2) is 23.4 Å². The zero-order chi connectivity index (χ0) is 11.8. The van der Waals surface area contributed by atoms with E-state index in [-0.39, 0.29) is 6.61 Å². The van der Waals surface area contributed by atoms with Gasteiger partial charge in [-0.3, -0.25) is 0 Å². The Morgan fingerprint density at radius 3 is 2.81 bits per heavy atom. The van der Waals surface area contributed by atoms with Gasteiger partial charge in [-0.2, -0.15) is 0 Å². The summed E-state index contributed by atoms with van der Waals surface area (Å²) >= 11 is 1.69. The van der Waals surface area contributed by atoms with Crippen LogP contribution in [0.25, 0.3) is 0 Å². The largest absolute Gasteiger partial charge is 0.396 e. The number of aliphatic hydroxyl groups is 1. The molecule has 1 aromatic rings. The van der Waals surface area contributed by atoms with Crippen molar-refractivity contribution in [3.8, 4) is 0 Å². The van der Waals surface area contributed by atoms with Gasteiger partial charge in [0, 0.05) is 31.1 Å². The smallest absolute Gasteiger partial charge is 0.0960 e. The number of nitrogens with one attached hydrogen (secondary N) is 1. The standard InChI is InChI=1S/C12H20N2OS/c1-10(2)13-8-11-4-5-12(14-9-11)16-7-3-6-15/h4-5,9-10,13,15H,3,6-8H2,1-2H3. The molecule has 0 aliphatic rings. The topological polar surface area (TPSA) is 45.1 Å². The Kier molecular flexibility index (Phi) is 6.45. The summed E-state index contributed by atoms with van der Waals surface area (Å²) in [4.78, 5) is 4.37. The Balaban J connectivity index is 2.35. The molecule has 0 saturated carbocycles. The molecule has 0 spiro atoms. The van der Waals surface area contributed by atoms with Gasteiger partial charge in [0.1, 0.15) is 0 Å². The van der Waals surface area contributed by atoms with Gasteiger partial charge >= 0.3 is 0 Å². The van der Waals surface area contributed by atoms with Gasteiger partial charge in [0.2, 0.25) is 0 Å². The van der Waals surface area contributed by atoms with Crippen molar-refractivity contribution < 1.29 is 5.11 Å². The third-order valence-corrected chi connectivity index (χ3v) is 3.09. The molecule has 1 rings (SSSR count). The van der Waals surface area contributed by atoms with Crippen LogP contribution in [-0.2, 0) is 6.54 Å². The first-order valence-electron chi connectivity index (χ1n) is 5.64. The van der Waals surface area contributed by atoms with Crippen molar-refractivity contribution in [3.63, 3.8) is 0 Å². The van der Waals surface area contributed by atoms with E-state index in [0.717, 1.165) is 23.7 Å². The monoisotopic (exact) mass is 240 g/mol. The van der Waals surface area contributed by atoms with Crippen molar-refractivity contribution in [1.82, 2.24) is 10.3 Å². The van der Waals surface area contributed by atoms with Gasteiger partial charge in [-0.15, -0.1) is 11.8 Å². The lowest BCUT2D eigenvalue weighted by Gasteiger charge is -2.08. The number of hydrogen-bond donors (Lipinski definition) is 2. The Morgan fingerprint density at radius 1 is 1.44 bits per heavy atom. The molecule has 0 aliphatic heterocycles. The highest BCUT2D eigenvalue weighted by Gasteiger charge is 1.98. The second kappa shape index (κ2) is 7.65. The lowest BCUT2D eigenvalue weighted by molar-refractivity contribution is 0.296. The van der Waals surface area contributed by atoms with E-state index in [0.29, 0.717) is 6.04 Å². The Morgan fingerprint density at radius 2 is 2.25 bits per heavy atom. The van der Waals surface area contributed by atoms with Gasteiger partial charge in [-0.1, -0.05) is 19.9 Å². The van der Waals surface area contributed by atoms with Crippen molar-refractivity contribution in [3.05, 3.63) is 23.9 Å². The molecule has 0 saturated heterocycles. The number of hydrogen-bond acceptors (Lipinski definition) is 4. The molecule has 4 heteroatoms. The first-order valence-corrected chi connectivity index (χ1v) is 6.63. The average molecular weight is 240 g/mol. The van der Waals surface area contributed by atoms with E-state index in [1.807, 2.05) is 12.3 Å². The van der Waals surface area contributed by atoms with E-state index in [9.17, 15) is 0 Å². The number of aromatic nitrogens is 1. The molecule has 0 fully saturated rings. The van der Waals surface area contributed by atoms with E-state index >= 15 is 0 Å². The number of rotatable bonds is 7. The molecule has 0 atom stereocenters. The molecule has 3 nitrogen and oxygen atoms in total. The molecule has 0 radical (unpaired) electrons. The molecule has 0 unspecified atom stereocenters. The minimum absolute atomic E-state index is 0.253. The van der Waals surface area contributed by atoms with Gasteiger partial charge in [0.25, 0.3) is 0 Å². The van der Waals surface area contributed by atoms with Crippen LogP contribution in [0, 0.1) is 0 Å². The maximum Gasteiger partial charge on any atom is 0.0960 e. The summed E-state index contributed by atoms with van der Waals surface area (Å²) < 4.78 is 0. The molecule has 90 valence electrons. The van der Waals surface area contributed by atoms with E-state index in [1.165, 1.54) is 5.56 Å². The van der Waals surface area contributed by atoms with Crippen LogP contribution in [0.3, 0.4) is 0 Å². The van der Waals surface area contributed by atoms with Gasteiger partial charge in [0.05, 0.1) is 5.03 Å². The predicted molar refractivity (Wildman–Crippen MR) is 68.6 cm³/mol. The third-order valence-electron chi connectivity index (χ3n) is 2.06. The summed E-state index contributed by atoms with van der Waals surface area (Å²) in [5.41, 5.74) is 1.21. The average Bonchev–Trinajstić information content (AvgIpc) is 2.28. The lowest BCUT2D eigenvalue weighted by Crippen LogP contribution is -2.21. The summed E-state index contributed by atoms with van der Waals surface area (Å²) in [5.74, 6) is 0.924. The second-order valence-electron chi connectivity index (χ2n) is 3.97. The normalized spacial score (nSPS) is 11.0. The highest BCUT2D eigenvalue weighted by molar-refractivity contribution is 7.99. The minimum Gasteiger partial charge on any atom is -0.396 e. The first-order chi connectivity index (χ1) is 7.72. The zero-order valence-electron chi connectivity index (χ0n) is 9.94. The maximum absolute atomic E-state index is 8.67. The highest BCUT2D eigenvalue weighted by Crippen LogP contribution is 2.15. The number of aliphatic hydroxyl groups excluding tert-OH is 1. The number of pyridine rings is 1. The van der Waals surface area contributed by atoms with E-state index in [4.69, 9.17) is 5.11 Å². The molecule has 0 aliphatic carbocycles. The maximum atomic E-state index is 8.67. The zero-order valence-corrected chi connectivity index (χ0v) is 10.8. The molecular formula is C12H20N2OS. The molecule has 1 aromatic heterocycles. The first kappa shape index (κ1) is 13.5. The van der Waals surface area contributed by atoms with Crippen LogP contribution >= 0.6 is 11.8 Å². The fourth-order valence-electron chi connectivity index (χ4n) is 1.16. The molecule has 2 N–H and O–H groups in total. The summed E-state index contributed by atoms with van der Waals surface area (Å²) in [6, 6.07) is 4.64. The van der Waals surface area contributed by atoms with Crippen LogP contribution < -0.4 is 5.32 Å². The minimum atomic E-state index is 0.253. The van der Waals surface area contributed by atoms with Crippen molar-refractivity contribution >= 4 is 11.8 Å². The van der Waals surface area contributed by atoms with Gasteiger partial charge in [0.15, 0.2) is 0 Å². The lowest BCUT2D eigenvalue weighted by atomic mass is 10.2. The van der Waals surface area contributed by atoms with E-state index in [2.05, 4.69) is 30.2 Å². The molecule has 0 aromatic carbocycles. The van der Waals surface area contributed by atoms with E-state index < -0.39 is 0 Å². The summed E-state index contributed by atoms with van der Waals surface area (Å²) in [7, 11) is 0. The van der Waals surface area contributed by atoms with Gasteiger partial charge < -0.3 is 10.4 Å². The Bertz CT molecular complexity index is 288. The van der Waals surface area contributed by atoms with Crippen molar-refractivity contribution in [2.75, 3.05) is 12.4 Å². The molecule has 16 heavy (non-hydrogen) atoms. The quantitative estimate of drug-likeness (QED) is 0.565. The van der Waals surface area contributed by atoms with Crippen LogP contribution in [0.5, 0.6) is 0 Å². The van der Waals surface area contributed by atoms with Crippen LogP contribution in [0.1, 0.15) is 25.8 Å². The van der Waals surface area contributed by atoms with Crippen molar-refractivity contribution in [2.24, 2.45) is 0 Å². The fourth-order valence-corrected chi connectivity index (χ4v) is 1.94. The third kappa shape index (κ3) is 5.49. The highest BCUT2D eigenvalue weighted by atomic mass is 32.2. The van der Waals surface area contributed by atoms with Gasteiger partial charge in [-0.05, 0) is 18.1 Å². The van der Waals surface area contributed by atoms with Crippen molar-refractivity contribution in [2.45, 2.75) is 37.9 Å². The van der Waals surface area contributed by atoms with Crippen LogP contribution in [0.2, 0.25) is 0 Å². The second-order valence-corrected chi connectivity index (χ2v) is 5.08. The van der Waals surface area contributed by atoms with Gasteiger partial charge in [-0.25, -0.2) is 4.98 Å². The molecule has 0 bridgehead atoms. The summed E-state index contributed by atoms with van der Waals surface area (Å²) in [6.45, 7) is 5.38. The van der Waals surface area contributed by atoms with Crippen molar-refractivity contribution in [1.29, 1.82) is 0 Å². The molecule has 0 amide bonds. The Hall–Kier alpha value is -0.580. The molecule has 1 heterocycles. The van der Waals surface area contributed by atoms with E-state index in [1.54, 1.807) is 11.8 Å². The summed E-state index contributed by atoms with van der Waals surface area (Å²) in [5, 5.41) is 13.1. The number of nitrogens with zero attached hydrogens (tertiary/aromatic N) is 1. The predicted octanol–water partition coefficient (Wildman–Crippen LogP) is 2.05. The number of thioether (sulfide) groups is 1.